The zero-order valence-electron chi connectivity index (χ0n) is 10.8. The van der Waals surface area contributed by atoms with E-state index in [0.29, 0.717) is 11.3 Å². The number of nitrogens with one attached hydrogen (secondary N) is 1. The smallest absolute Gasteiger partial charge is 0.263 e. The van der Waals surface area contributed by atoms with E-state index in [9.17, 15) is 4.79 Å². The second-order valence-corrected chi connectivity index (χ2v) is 6.20. The van der Waals surface area contributed by atoms with Gasteiger partial charge in [-0.2, -0.15) is 0 Å². The van der Waals surface area contributed by atoms with Gasteiger partial charge in [0.15, 0.2) is 0 Å². The highest BCUT2D eigenvalue weighted by Crippen LogP contribution is 2.26. The van der Waals surface area contributed by atoms with E-state index in [1.807, 2.05) is 6.92 Å². The highest BCUT2D eigenvalue weighted by molar-refractivity contribution is 7.13. The Kier molecular flexibility index (Phi) is 4.65. The number of carbonyl (C=O) groups is 1. The van der Waals surface area contributed by atoms with Gasteiger partial charge in [0.05, 0.1) is 11.2 Å². The number of aliphatic hydroxyl groups excluding tert-OH is 1. The van der Waals surface area contributed by atoms with E-state index >= 15 is 0 Å². The van der Waals surface area contributed by atoms with Gasteiger partial charge in [0.25, 0.3) is 5.91 Å². The minimum absolute atomic E-state index is 0.0207. The summed E-state index contributed by atoms with van der Waals surface area (Å²) in [7, 11) is 0. The van der Waals surface area contributed by atoms with Crippen molar-refractivity contribution in [2.24, 2.45) is 0 Å². The Morgan fingerprint density at radius 3 is 2.71 bits per heavy atom. The van der Waals surface area contributed by atoms with Crippen LogP contribution in [0.5, 0.6) is 0 Å². The number of hydrogen-bond acceptors (Lipinski definition) is 4. The maximum absolute atomic E-state index is 11.8. The Balaban J connectivity index is 2.67. The molecule has 0 bridgehead atoms. The van der Waals surface area contributed by atoms with Crippen molar-refractivity contribution in [1.82, 2.24) is 10.3 Å². The van der Waals surface area contributed by atoms with Crippen LogP contribution in [0.4, 0.5) is 0 Å². The topological polar surface area (TPSA) is 62.2 Å². The van der Waals surface area contributed by atoms with Crippen molar-refractivity contribution in [1.29, 1.82) is 0 Å². The van der Waals surface area contributed by atoms with Crippen LogP contribution in [0.3, 0.4) is 0 Å². The standard InChI is InChI=1S/C12H20N2O2S/c1-8(5-6-15)14-10(16)9-7-13-11(17-9)12(2,3)4/h7-8,15H,5-6H2,1-4H3,(H,14,16)/t8-/m1/s1. The number of aromatic nitrogens is 1. The van der Waals surface area contributed by atoms with Gasteiger partial charge < -0.3 is 10.4 Å². The maximum atomic E-state index is 11.8. The van der Waals surface area contributed by atoms with Crippen molar-refractivity contribution in [3.05, 3.63) is 16.1 Å². The molecule has 0 aliphatic heterocycles. The lowest BCUT2D eigenvalue weighted by atomic mass is 9.98. The van der Waals surface area contributed by atoms with Gasteiger partial charge in [-0.05, 0) is 13.3 Å². The third kappa shape index (κ3) is 4.09. The molecule has 1 atom stereocenters. The Labute approximate surface area is 106 Å². The SMILES string of the molecule is C[C@H](CCO)NC(=O)c1cnc(C(C)(C)C)s1. The predicted octanol–water partition coefficient (Wildman–Crippen LogP) is 1.94. The van der Waals surface area contributed by atoms with Crippen molar-refractivity contribution in [3.8, 4) is 0 Å². The summed E-state index contributed by atoms with van der Waals surface area (Å²) in [6.45, 7) is 8.17. The molecule has 0 unspecified atom stereocenters. The second-order valence-electron chi connectivity index (χ2n) is 5.17. The molecule has 1 amide bonds. The Morgan fingerprint density at radius 1 is 1.59 bits per heavy atom. The van der Waals surface area contributed by atoms with Gasteiger partial charge in [0, 0.05) is 18.1 Å². The zero-order valence-corrected chi connectivity index (χ0v) is 11.6. The predicted molar refractivity (Wildman–Crippen MR) is 69.4 cm³/mol. The minimum atomic E-state index is -0.112. The van der Waals surface area contributed by atoms with Crippen LogP contribution in [0.25, 0.3) is 0 Å². The number of nitrogens with zero attached hydrogens (tertiary/aromatic N) is 1. The van der Waals surface area contributed by atoms with Crippen molar-refractivity contribution in [2.45, 2.75) is 45.6 Å². The van der Waals surface area contributed by atoms with Gasteiger partial charge in [0.2, 0.25) is 0 Å². The molecule has 1 aromatic heterocycles. The monoisotopic (exact) mass is 256 g/mol. The average molecular weight is 256 g/mol. The molecule has 0 saturated carbocycles. The third-order valence-electron chi connectivity index (χ3n) is 2.31. The summed E-state index contributed by atoms with van der Waals surface area (Å²) < 4.78 is 0. The van der Waals surface area contributed by atoms with Crippen LogP contribution >= 0.6 is 11.3 Å². The van der Waals surface area contributed by atoms with Gasteiger partial charge in [-0.3, -0.25) is 4.79 Å². The number of carbonyl (C=O) groups excluding carboxylic acids is 1. The Morgan fingerprint density at radius 2 is 2.24 bits per heavy atom. The summed E-state index contributed by atoms with van der Waals surface area (Å²) in [5, 5.41) is 12.6. The van der Waals surface area contributed by atoms with E-state index in [0.717, 1.165) is 5.01 Å². The molecule has 0 radical (unpaired) electrons. The van der Waals surface area contributed by atoms with E-state index in [2.05, 4.69) is 31.1 Å². The summed E-state index contributed by atoms with van der Waals surface area (Å²) in [5.74, 6) is -0.112. The van der Waals surface area contributed by atoms with Gasteiger partial charge in [-0.1, -0.05) is 20.8 Å². The fourth-order valence-electron chi connectivity index (χ4n) is 1.29. The van der Waals surface area contributed by atoms with Crippen molar-refractivity contribution in [3.63, 3.8) is 0 Å². The highest BCUT2D eigenvalue weighted by Gasteiger charge is 2.20. The van der Waals surface area contributed by atoms with Crippen molar-refractivity contribution in [2.75, 3.05) is 6.61 Å². The van der Waals surface area contributed by atoms with E-state index in [1.54, 1.807) is 6.20 Å². The van der Waals surface area contributed by atoms with Gasteiger partial charge in [0.1, 0.15) is 4.88 Å². The van der Waals surface area contributed by atoms with E-state index in [4.69, 9.17) is 5.11 Å². The summed E-state index contributed by atoms with van der Waals surface area (Å²) in [5.41, 5.74) is -0.0279. The van der Waals surface area contributed by atoms with E-state index in [1.165, 1.54) is 11.3 Å². The van der Waals surface area contributed by atoms with Crippen LogP contribution in [-0.4, -0.2) is 28.6 Å². The number of rotatable bonds is 4. The summed E-state index contributed by atoms with van der Waals surface area (Å²) in [6.07, 6.45) is 2.18. The molecule has 0 fully saturated rings. The van der Waals surface area contributed by atoms with Crippen LogP contribution in [-0.2, 0) is 5.41 Å². The molecule has 17 heavy (non-hydrogen) atoms. The Bertz CT molecular complexity index is 382. The molecule has 0 aliphatic rings. The average Bonchev–Trinajstić information content (AvgIpc) is 2.65. The van der Waals surface area contributed by atoms with Gasteiger partial charge in [-0.15, -0.1) is 11.3 Å². The maximum Gasteiger partial charge on any atom is 0.263 e. The minimum Gasteiger partial charge on any atom is -0.396 e. The molecule has 0 aromatic carbocycles. The first-order chi connectivity index (χ1) is 7.84. The molecule has 1 aromatic rings. The lowest BCUT2D eigenvalue weighted by Gasteiger charge is -2.13. The first kappa shape index (κ1) is 14.1. The van der Waals surface area contributed by atoms with Gasteiger partial charge >= 0.3 is 0 Å². The van der Waals surface area contributed by atoms with E-state index in [-0.39, 0.29) is 24.0 Å². The number of hydrogen-bond donors (Lipinski definition) is 2. The molecule has 5 heteroatoms. The summed E-state index contributed by atoms with van der Waals surface area (Å²) in [4.78, 5) is 16.7. The first-order valence-corrected chi connectivity index (χ1v) is 6.54. The fraction of sp³-hybridized carbons (Fsp3) is 0.667. The fourth-order valence-corrected chi connectivity index (χ4v) is 2.16. The highest BCUT2D eigenvalue weighted by atomic mass is 32.1. The third-order valence-corrected chi connectivity index (χ3v) is 3.73. The lowest BCUT2D eigenvalue weighted by molar-refractivity contribution is 0.0938. The molecule has 1 rings (SSSR count). The van der Waals surface area contributed by atoms with Gasteiger partial charge in [-0.25, -0.2) is 4.98 Å². The molecule has 96 valence electrons. The second kappa shape index (κ2) is 5.60. The Hall–Kier alpha value is -0.940. The number of aliphatic hydroxyl groups is 1. The van der Waals surface area contributed by atoms with Crippen LogP contribution in [0, 0.1) is 0 Å². The first-order valence-electron chi connectivity index (χ1n) is 5.72. The molecule has 0 saturated heterocycles. The summed E-state index contributed by atoms with van der Waals surface area (Å²) >= 11 is 1.42. The molecular formula is C12H20N2O2S. The number of thiazole rings is 1. The van der Waals surface area contributed by atoms with Crippen molar-refractivity contribution < 1.29 is 9.90 Å². The molecule has 4 nitrogen and oxygen atoms in total. The van der Waals surface area contributed by atoms with Crippen molar-refractivity contribution >= 4 is 17.2 Å². The van der Waals surface area contributed by atoms with Crippen LogP contribution in [0.1, 0.15) is 48.8 Å². The van der Waals surface area contributed by atoms with Crippen LogP contribution in [0.2, 0.25) is 0 Å². The normalized spacial score (nSPS) is 13.5. The van der Waals surface area contributed by atoms with E-state index < -0.39 is 0 Å². The molecule has 2 N–H and O–H groups in total. The van der Waals surface area contributed by atoms with Crippen LogP contribution in [0.15, 0.2) is 6.20 Å². The quantitative estimate of drug-likeness (QED) is 0.865. The lowest BCUT2D eigenvalue weighted by Crippen LogP contribution is -2.32. The zero-order chi connectivity index (χ0) is 13.1. The molecule has 0 aliphatic carbocycles. The largest absolute Gasteiger partial charge is 0.396 e. The molecule has 0 spiro atoms. The molecule has 1 heterocycles. The summed E-state index contributed by atoms with van der Waals surface area (Å²) in [6, 6.07) is -0.0207. The van der Waals surface area contributed by atoms with Crippen LogP contribution < -0.4 is 5.32 Å². The number of amides is 1. The molecular weight excluding hydrogens is 236 g/mol.